The van der Waals surface area contributed by atoms with Crippen LogP contribution in [0.4, 0.5) is 0 Å². The molecule has 106 valence electrons. The lowest BCUT2D eigenvalue weighted by Gasteiger charge is -2.10. The summed E-state index contributed by atoms with van der Waals surface area (Å²) in [6, 6.07) is 7.93. The van der Waals surface area contributed by atoms with Gasteiger partial charge in [0.15, 0.2) is 0 Å². The maximum Gasteiger partial charge on any atom is 0.127 e. The predicted molar refractivity (Wildman–Crippen MR) is 86.3 cm³/mol. The van der Waals surface area contributed by atoms with E-state index in [1.54, 1.807) is 6.07 Å². The second-order valence-corrected chi connectivity index (χ2v) is 6.36. The van der Waals surface area contributed by atoms with Crippen molar-refractivity contribution in [3.8, 4) is 6.07 Å². The van der Waals surface area contributed by atoms with Gasteiger partial charge in [0.05, 0.1) is 16.5 Å². The molecule has 0 saturated heterocycles. The first-order valence-corrected chi connectivity index (χ1v) is 8.54. The second kappa shape index (κ2) is 7.01. The van der Waals surface area contributed by atoms with Crippen molar-refractivity contribution in [1.82, 2.24) is 9.55 Å². The Morgan fingerprint density at radius 2 is 2.25 bits per heavy atom. The van der Waals surface area contributed by atoms with Crippen LogP contribution in [0.25, 0.3) is 11.0 Å². The molecule has 0 spiro atoms. The lowest BCUT2D eigenvalue weighted by atomic mass is 10.2. The zero-order valence-electron chi connectivity index (χ0n) is 11.8. The molecule has 1 unspecified atom stereocenters. The Morgan fingerprint density at radius 1 is 1.45 bits per heavy atom. The van der Waals surface area contributed by atoms with Gasteiger partial charge in [0.25, 0.3) is 0 Å². The molecule has 0 radical (unpaired) electrons. The second-order valence-electron chi connectivity index (χ2n) is 4.72. The fraction of sp³-hybridized carbons (Fsp3) is 0.467. The van der Waals surface area contributed by atoms with E-state index in [4.69, 9.17) is 11.6 Å². The summed E-state index contributed by atoms with van der Waals surface area (Å²) in [7, 11) is 0. The quantitative estimate of drug-likeness (QED) is 0.588. The van der Waals surface area contributed by atoms with Crippen LogP contribution in [0.15, 0.2) is 18.2 Å². The number of nitriles is 1. The summed E-state index contributed by atoms with van der Waals surface area (Å²) in [6.45, 7) is 2.82. The van der Waals surface area contributed by atoms with Crippen LogP contribution in [0.1, 0.15) is 36.5 Å². The van der Waals surface area contributed by atoms with E-state index in [0.29, 0.717) is 5.56 Å². The number of unbranched alkanes of at least 4 members (excludes halogenated alkanes) is 1. The molecule has 0 N–H and O–H groups in total. The molecule has 0 amide bonds. The van der Waals surface area contributed by atoms with Crippen LogP contribution in [0.5, 0.6) is 0 Å². The fourth-order valence-electron chi connectivity index (χ4n) is 2.31. The Hall–Kier alpha value is -1.18. The number of halogens is 1. The van der Waals surface area contributed by atoms with Gasteiger partial charge >= 0.3 is 0 Å². The summed E-state index contributed by atoms with van der Waals surface area (Å²) in [6.07, 6.45) is 4.40. The van der Waals surface area contributed by atoms with Gasteiger partial charge in [0.2, 0.25) is 0 Å². The van der Waals surface area contributed by atoms with Crippen molar-refractivity contribution in [2.45, 2.75) is 31.7 Å². The molecule has 0 aliphatic carbocycles. The number of fused-ring (bicyclic) bond motifs is 1. The largest absolute Gasteiger partial charge is 0.327 e. The van der Waals surface area contributed by atoms with Gasteiger partial charge in [0, 0.05) is 6.54 Å². The molecule has 2 aromatic rings. The average molecular weight is 308 g/mol. The number of thioether (sulfide) groups is 1. The first kappa shape index (κ1) is 15.2. The van der Waals surface area contributed by atoms with E-state index in [0.717, 1.165) is 29.8 Å². The van der Waals surface area contributed by atoms with Crippen molar-refractivity contribution in [1.29, 1.82) is 5.26 Å². The lowest BCUT2D eigenvalue weighted by Crippen LogP contribution is -2.05. The van der Waals surface area contributed by atoms with Crippen molar-refractivity contribution in [3.05, 3.63) is 29.6 Å². The number of alkyl halides is 1. The number of aromatic nitrogens is 2. The van der Waals surface area contributed by atoms with E-state index in [2.05, 4.69) is 21.9 Å². The van der Waals surface area contributed by atoms with E-state index >= 15 is 0 Å². The zero-order chi connectivity index (χ0) is 14.5. The molecule has 0 saturated carbocycles. The Morgan fingerprint density at radius 3 is 2.90 bits per heavy atom. The molecule has 0 fully saturated rings. The van der Waals surface area contributed by atoms with Gasteiger partial charge in [-0.05, 0) is 43.9 Å². The monoisotopic (exact) mass is 307 g/mol. The van der Waals surface area contributed by atoms with E-state index in [1.165, 1.54) is 12.2 Å². The summed E-state index contributed by atoms with van der Waals surface area (Å²) in [5, 5.41) is 9.03. The number of nitrogens with zero attached hydrogens (tertiary/aromatic N) is 3. The van der Waals surface area contributed by atoms with Gasteiger partial charge in [-0.2, -0.15) is 17.0 Å². The molecule has 1 aromatic heterocycles. The maximum absolute atomic E-state index is 9.19. The number of benzene rings is 1. The van der Waals surface area contributed by atoms with Crippen molar-refractivity contribution in [2.24, 2.45) is 0 Å². The number of hydrogen-bond acceptors (Lipinski definition) is 3. The van der Waals surface area contributed by atoms with Crippen molar-refractivity contribution >= 4 is 34.4 Å². The first-order valence-electron chi connectivity index (χ1n) is 6.71. The minimum atomic E-state index is -0.158. The molecule has 20 heavy (non-hydrogen) atoms. The van der Waals surface area contributed by atoms with Crippen LogP contribution in [-0.4, -0.2) is 21.6 Å². The Bertz CT molecular complexity index is 628. The Balaban J connectivity index is 2.39. The number of hydrogen-bond donors (Lipinski definition) is 0. The standard InChI is InChI=1S/C15H18ClN3S/c1-11(16)15-18-14-12(10-17)6-5-7-13(14)19(15)8-3-4-9-20-2/h5-7,11H,3-4,8-9H2,1-2H3. The van der Waals surface area contributed by atoms with Gasteiger partial charge in [-0.3, -0.25) is 0 Å². The van der Waals surface area contributed by atoms with Gasteiger partial charge < -0.3 is 4.57 Å². The molecule has 5 heteroatoms. The number of aryl methyl sites for hydroxylation is 1. The molecular formula is C15H18ClN3S. The molecule has 3 nitrogen and oxygen atoms in total. The van der Waals surface area contributed by atoms with E-state index in [1.807, 2.05) is 30.8 Å². The van der Waals surface area contributed by atoms with Gasteiger partial charge in [-0.1, -0.05) is 6.07 Å². The molecule has 1 heterocycles. The zero-order valence-corrected chi connectivity index (χ0v) is 13.3. The third-order valence-corrected chi connectivity index (χ3v) is 4.16. The van der Waals surface area contributed by atoms with E-state index in [-0.39, 0.29) is 5.38 Å². The highest BCUT2D eigenvalue weighted by atomic mass is 35.5. The highest BCUT2D eigenvalue weighted by molar-refractivity contribution is 7.98. The number of imidazole rings is 1. The summed E-state index contributed by atoms with van der Waals surface area (Å²) in [5.41, 5.74) is 2.39. The summed E-state index contributed by atoms with van der Waals surface area (Å²) in [5.74, 6) is 2.02. The third-order valence-electron chi connectivity index (χ3n) is 3.26. The van der Waals surface area contributed by atoms with Gasteiger partial charge in [-0.15, -0.1) is 11.6 Å². The predicted octanol–water partition coefficient (Wildman–Crippen LogP) is 4.35. The van der Waals surface area contributed by atoms with Crippen molar-refractivity contribution in [3.63, 3.8) is 0 Å². The molecule has 0 bridgehead atoms. The normalized spacial score (nSPS) is 12.5. The topological polar surface area (TPSA) is 41.6 Å². The van der Waals surface area contributed by atoms with Crippen molar-refractivity contribution in [2.75, 3.05) is 12.0 Å². The minimum absolute atomic E-state index is 0.158. The highest BCUT2D eigenvalue weighted by Gasteiger charge is 2.16. The molecule has 1 aromatic carbocycles. The van der Waals surface area contributed by atoms with Crippen LogP contribution in [0, 0.1) is 11.3 Å². The van der Waals surface area contributed by atoms with Gasteiger partial charge in [0.1, 0.15) is 17.4 Å². The minimum Gasteiger partial charge on any atom is -0.327 e. The van der Waals surface area contributed by atoms with Crippen LogP contribution in [0.2, 0.25) is 0 Å². The molecule has 2 rings (SSSR count). The third kappa shape index (κ3) is 3.11. The Kier molecular flexibility index (Phi) is 5.33. The number of rotatable bonds is 6. The fourth-order valence-corrected chi connectivity index (χ4v) is 2.97. The molecular weight excluding hydrogens is 290 g/mol. The molecule has 0 aliphatic rings. The molecule has 1 atom stereocenters. The van der Waals surface area contributed by atoms with Gasteiger partial charge in [-0.25, -0.2) is 4.98 Å². The van der Waals surface area contributed by atoms with Crippen molar-refractivity contribution < 1.29 is 0 Å². The molecule has 0 aliphatic heterocycles. The number of para-hydroxylation sites is 1. The van der Waals surface area contributed by atoms with E-state index in [9.17, 15) is 5.26 Å². The van der Waals surface area contributed by atoms with Crippen LogP contribution >= 0.6 is 23.4 Å². The Labute approximate surface area is 128 Å². The highest BCUT2D eigenvalue weighted by Crippen LogP contribution is 2.26. The average Bonchev–Trinajstić information content (AvgIpc) is 2.82. The summed E-state index contributed by atoms with van der Waals surface area (Å²) in [4.78, 5) is 4.59. The SMILES string of the molecule is CSCCCCn1c(C(C)Cl)nc2c(C#N)cccc21. The van der Waals surface area contributed by atoms with Crippen LogP contribution in [0.3, 0.4) is 0 Å². The van der Waals surface area contributed by atoms with Crippen LogP contribution < -0.4 is 0 Å². The van der Waals surface area contributed by atoms with E-state index < -0.39 is 0 Å². The summed E-state index contributed by atoms with van der Waals surface area (Å²) < 4.78 is 2.16. The smallest absolute Gasteiger partial charge is 0.127 e. The maximum atomic E-state index is 9.19. The van der Waals surface area contributed by atoms with Crippen LogP contribution in [-0.2, 0) is 6.54 Å². The first-order chi connectivity index (χ1) is 9.69. The summed E-state index contributed by atoms with van der Waals surface area (Å²) >= 11 is 8.11. The lowest BCUT2D eigenvalue weighted by molar-refractivity contribution is 0.619.